The topological polar surface area (TPSA) is 96.5 Å². The molecule has 7 nitrogen and oxygen atoms in total. The van der Waals surface area contributed by atoms with Gasteiger partial charge in [-0.1, -0.05) is 54.4 Å². The molecule has 34 heavy (non-hydrogen) atoms. The second-order valence-electron chi connectivity index (χ2n) is 8.52. The Morgan fingerprint density at radius 3 is 2.47 bits per heavy atom. The van der Waals surface area contributed by atoms with Crippen LogP contribution >= 0.6 is 23.2 Å². The number of carbonyl (C=O) groups excluding carboxylic acids is 1. The minimum absolute atomic E-state index is 0.208. The Morgan fingerprint density at radius 2 is 1.88 bits per heavy atom. The van der Waals surface area contributed by atoms with Gasteiger partial charge in [0, 0.05) is 28.8 Å². The van der Waals surface area contributed by atoms with Gasteiger partial charge in [0.05, 0.1) is 12.5 Å². The quantitative estimate of drug-likeness (QED) is 0.427. The van der Waals surface area contributed by atoms with Gasteiger partial charge in [-0.2, -0.15) is 0 Å². The Labute approximate surface area is 207 Å². The molecule has 4 rings (SSSR count). The molecule has 0 spiro atoms. The molecule has 1 saturated heterocycles. The fourth-order valence-electron chi connectivity index (χ4n) is 4.85. The maximum atomic E-state index is 13.9. The minimum Gasteiger partial charge on any atom is -0.481 e. The monoisotopic (exact) mass is 501 g/mol. The van der Waals surface area contributed by atoms with Crippen LogP contribution in [0.15, 0.2) is 52.9 Å². The highest BCUT2D eigenvalue weighted by atomic mass is 35.5. The van der Waals surface area contributed by atoms with Crippen LogP contribution in [0.2, 0.25) is 10.0 Å². The first kappa shape index (κ1) is 24.2. The van der Waals surface area contributed by atoms with E-state index in [2.05, 4.69) is 10.2 Å². The second kappa shape index (κ2) is 10.2. The lowest BCUT2D eigenvalue weighted by atomic mass is 9.74. The van der Waals surface area contributed by atoms with Crippen LogP contribution in [0.3, 0.4) is 0 Å². The maximum absolute atomic E-state index is 13.9. The third-order valence-corrected chi connectivity index (χ3v) is 6.77. The molecule has 9 heteroatoms. The lowest BCUT2D eigenvalue weighted by molar-refractivity contribution is -0.153. The van der Waals surface area contributed by atoms with Gasteiger partial charge in [-0.05, 0) is 48.2 Å². The largest absolute Gasteiger partial charge is 0.481 e. The number of aromatic nitrogens is 2. The highest BCUT2D eigenvalue weighted by molar-refractivity contribution is 6.30. The summed E-state index contributed by atoms with van der Waals surface area (Å²) in [6.45, 7) is 3.63. The number of nitrogens with zero attached hydrogens (tertiary/aromatic N) is 3. The average Bonchev–Trinajstić information content (AvgIpc) is 3.23. The van der Waals surface area contributed by atoms with E-state index in [-0.39, 0.29) is 18.2 Å². The van der Waals surface area contributed by atoms with E-state index in [0.29, 0.717) is 34.7 Å². The molecule has 1 aromatic heterocycles. The lowest BCUT2D eigenvalue weighted by Gasteiger charge is -2.47. The van der Waals surface area contributed by atoms with Crippen molar-refractivity contribution in [2.45, 2.75) is 51.1 Å². The van der Waals surface area contributed by atoms with E-state index in [1.165, 1.54) is 0 Å². The molecule has 0 aliphatic carbocycles. The van der Waals surface area contributed by atoms with E-state index in [0.717, 1.165) is 11.1 Å². The second-order valence-corrected chi connectivity index (χ2v) is 9.39. The van der Waals surface area contributed by atoms with E-state index in [9.17, 15) is 14.7 Å². The van der Waals surface area contributed by atoms with Gasteiger partial charge in [-0.3, -0.25) is 9.59 Å². The van der Waals surface area contributed by atoms with Crippen LogP contribution in [0.4, 0.5) is 0 Å². The van der Waals surface area contributed by atoms with Crippen LogP contribution in [0, 0.1) is 12.8 Å². The zero-order valence-corrected chi connectivity index (χ0v) is 20.3. The number of carboxylic acid groups (broad SMARTS) is 1. The summed E-state index contributed by atoms with van der Waals surface area (Å²) in [6, 6.07) is 13.9. The number of hydrogen-bond donors (Lipinski definition) is 1. The van der Waals surface area contributed by atoms with Crippen molar-refractivity contribution in [1.29, 1.82) is 0 Å². The fourth-order valence-corrected chi connectivity index (χ4v) is 5.18. The van der Waals surface area contributed by atoms with Gasteiger partial charge >= 0.3 is 5.97 Å². The highest BCUT2D eigenvalue weighted by Crippen LogP contribution is 2.50. The zero-order valence-electron chi connectivity index (χ0n) is 18.8. The molecule has 178 valence electrons. The summed E-state index contributed by atoms with van der Waals surface area (Å²) in [6.07, 6.45) is 0.618. The van der Waals surface area contributed by atoms with Crippen LogP contribution < -0.4 is 0 Å². The van der Waals surface area contributed by atoms with Crippen LogP contribution in [0.25, 0.3) is 0 Å². The average molecular weight is 502 g/mol. The molecular weight excluding hydrogens is 477 g/mol. The summed E-state index contributed by atoms with van der Waals surface area (Å²) in [5.41, 5.74) is 1.81. The first-order valence-corrected chi connectivity index (χ1v) is 11.9. The van der Waals surface area contributed by atoms with Gasteiger partial charge in [0.1, 0.15) is 6.04 Å². The summed E-state index contributed by atoms with van der Waals surface area (Å²) in [7, 11) is 0. The predicted octanol–water partition coefficient (Wildman–Crippen LogP) is 5.98. The summed E-state index contributed by atoms with van der Waals surface area (Å²) in [4.78, 5) is 27.3. The van der Waals surface area contributed by atoms with Crippen LogP contribution in [-0.4, -0.2) is 32.1 Å². The molecule has 0 unspecified atom stereocenters. The highest BCUT2D eigenvalue weighted by Gasteiger charge is 2.47. The van der Waals surface area contributed by atoms with Gasteiger partial charge in [0.15, 0.2) is 0 Å². The number of halogens is 2. The molecule has 2 heterocycles. The van der Waals surface area contributed by atoms with Crippen molar-refractivity contribution in [3.63, 3.8) is 0 Å². The van der Waals surface area contributed by atoms with Crippen molar-refractivity contribution in [1.82, 2.24) is 15.1 Å². The Bertz CT molecular complexity index is 1180. The molecule has 1 aliphatic heterocycles. The van der Waals surface area contributed by atoms with E-state index in [1.807, 2.05) is 37.3 Å². The number of likely N-dealkylation sites (tertiary alicyclic amines) is 1. The molecule has 1 amide bonds. The van der Waals surface area contributed by atoms with Crippen molar-refractivity contribution in [2.24, 2.45) is 5.92 Å². The first-order chi connectivity index (χ1) is 16.3. The SMILES string of the molecule is CC[C@H](c1nnc(C)o1)N1C(=O)[C@@H](CC(=O)O)C[C@H](c2cccc(Cl)c2)[C@H]1c1ccc(Cl)cc1. The molecule has 0 bridgehead atoms. The normalized spacial score (nSPS) is 21.5. The van der Waals surface area contributed by atoms with Crippen molar-refractivity contribution < 1.29 is 19.1 Å². The fraction of sp³-hybridized carbons (Fsp3) is 0.360. The van der Waals surface area contributed by atoms with Crippen molar-refractivity contribution in [3.05, 3.63) is 81.5 Å². The van der Waals surface area contributed by atoms with Gasteiger partial charge in [-0.25, -0.2) is 0 Å². The summed E-state index contributed by atoms with van der Waals surface area (Å²) in [5, 5.41) is 18.9. The number of aliphatic carboxylic acids is 1. The molecular formula is C25H25Cl2N3O4. The number of rotatable bonds is 7. The number of benzene rings is 2. The summed E-state index contributed by atoms with van der Waals surface area (Å²) >= 11 is 12.5. The number of hydrogen-bond acceptors (Lipinski definition) is 5. The van der Waals surface area contributed by atoms with Crippen molar-refractivity contribution in [3.8, 4) is 0 Å². The molecule has 4 atom stereocenters. The number of aryl methyl sites for hydroxylation is 1. The molecule has 1 fully saturated rings. The molecule has 2 aromatic carbocycles. The minimum atomic E-state index is -1.02. The van der Waals surface area contributed by atoms with E-state index in [4.69, 9.17) is 27.6 Å². The smallest absolute Gasteiger partial charge is 0.304 e. The van der Waals surface area contributed by atoms with E-state index < -0.39 is 24.0 Å². The Hall–Kier alpha value is -2.90. The van der Waals surface area contributed by atoms with Crippen molar-refractivity contribution >= 4 is 35.1 Å². The Morgan fingerprint density at radius 1 is 1.15 bits per heavy atom. The number of carbonyl (C=O) groups is 2. The zero-order chi connectivity index (χ0) is 24.4. The number of carboxylic acids is 1. The van der Waals surface area contributed by atoms with Crippen LogP contribution in [-0.2, 0) is 9.59 Å². The van der Waals surface area contributed by atoms with Crippen LogP contribution in [0.5, 0.6) is 0 Å². The van der Waals surface area contributed by atoms with Crippen LogP contribution in [0.1, 0.15) is 67.1 Å². The summed E-state index contributed by atoms with van der Waals surface area (Å²) in [5.74, 6) is -1.45. The third kappa shape index (κ3) is 4.95. The van der Waals surface area contributed by atoms with Gasteiger partial charge in [0.25, 0.3) is 0 Å². The van der Waals surface area contributed by atoms with Gasteiger partial charge < -0.3 is 14.4 Å². The maximum Gasteiger partial charge on any atom is 0.304 e. The van der Waals surface area contributed by atoms with Crippen molar-refractivity contribution in [2.75, 3.05) is 0 Å². The first-order valence-electron chi connectivity index (χ1n) is 11.1. The molecule has 0 radical (unpaired) electrons. The van der Waals surface area contributed by atoms with E-state index >= 15 is 0 Å². The number of piperidine rings is 1. The van der Waals surface area contributed by atoms with E-state index in [1.54, 1.807) is 30.0 Å². The molecule has 1 N–H and O–H groups in total. The number of amides is 1. The van der Waals surface area contributed by atoms with Gasteiger partial charge in [0.2, 0.25) is 17.7 Å². The summed E-state index contributed by atoms with van der Waals surface area (Å²) < 4.78 is 5.74. The predicted molar refractivity (Wildman–Crippen MR) is 128 cm³/mol. The standard InChI is InChI=1S/C25H25Cl2N3O4/c1-3-21(24-29-28-14(2)34-24)30-23(15-7-9-18(26)10-8-15)20(16-5-4-6-19(27)11-16)12-17(25(30)33)13-22(31)32/h4-11,17,20-21,23H,3,12-13H2,1-2H3,(H,31,32)/t17-,20-,21-,23-/m1/s1. The Kier molecular flexibility index (Phi) is 7.24. The molecule has 0 saturated carbocycles. The van der Waals surface area contributed by atoms with Gasteiger partial charge in [-0.15, -0.1) is 10.2 Å². The Balaban J connectivity index is 1.90. The third-order valence-electron chi connectivity index (χ3n) is 6.28. The molecule has 1 aliphatic rings. The lowest BCUT2D eigenvalue weighted by Crippen LogP contribution is -2.49. The molecule has 3 aromatic rings.